The van der Waals surface area contributed by atoms with Gasteiger partial charge in [0.15, 0.2) is 0 Å². The maximum Gasteiger partial charge on any atom is 0.211 e. The number of nitrogens with zero attached hydrogens (tertiary/aromatic N) is 6. The fourth-order valence-electron chi connectivity index (χ4n) is 3.06. The molecule has 1 atom stereocenters. The second-order valence-corrected chi connectivity index (χ2v) is 8.42. The number of rotatable bonds is 5. The molecule has 1 fully saturated rings. The SMILES string of the molecule is CS(=O)(=O)N1CCO[C@H](Cn2cc(-c3cccc(-n4cccn4)c3)nn2)C1. The molecule has 27 heavy (non-hydrogen) atoms. The largest absolute Gasteiger partial charge is 0.374 e. The van der Waals surface area contributed by atoms with Gasteiger partial charge in [-0.25, -0.2) is 17.8 Å². The van der Waals surface area contributed by atoms with E-state index >= 15 is 0 Å². The Morgan fingerprint density at radius 2 is 2.19 bits per heavy atom. The van der Waals surface area contributed by atoms with Crippen LogP contribution in [0.4, 0.5) is 0 Å². The van der Waals surface area contributed by atoms with Crippen LogP contribution in [0.2, 0.25) is 0 Å². The molecule has 1 aliphatic heterocycles. The summed E-state index contributed by atoms with van der Waals surface area (Å²) in [5, 5.41) is 12.6. The lowest BCUT2D eigenvalue weighted by Gasteiger charge is -2.30. The van der Waals surface area contributed by atoms with E-state index in [0.29, 0.717) is 26.2 Å². The zero-order valence-corrected chi connectivity index (χ0v) is 15.7. The standard InChI is InChI=1S/C17H20N6O3S/c1-27(24,25)22-8-9-26-16(12-22)11-21-13-17(19-20-21)14-4-2-5-15(10-14)23-7-3-6-18-23/h2-7,10,13,16H,8-9,11-12H2,1H3/t16-/m1/s1. The van der Waals surface area contributed by atoms with Crippen LogP contribution in [0.15, 0.2) is 48.9 Å². The highest BCUT2D eigenvalue weighted by molar-refractivity contribution is 7.88. The van der Waals surface area contributed by atoms with E-state index in [-0.39, 0.29) is 6.10 Å². The van der Waals surface area contributed by atoms with Crippen molar-refractivity contribution < 1.29 is 13.2 Å². The number of morpholine rings is 1. The summed E-state index contributed by atoms with van der Waals surface area (Å²) in [6.07, 6.45) is 6.41. The van der Waals surface area contributed by atoms with Crippen molar-refractivity contribution in [3.05, 3.63) is 48.9 Å². The number of hydrogen-bond donors (Lipinski definition) is 0. The van der Waals surface area contributed by atoms with Crippen LogP contribution < -0.4 is 0 Å². The fraction of sp³-hybridized carbons (Fsp3) is 0.353. The van der Waals surface area contributed by atoms with Crippen molar-refractivity contribution in [2.75, 3.05) is 26.0 Å². The van der Waals surface area contributed by atoms with Gasteiger partial charge in [-0.15, -0.1) is 5.10 Å². The Kier molecular flexibility index (Phi) is 4.77. The predicted octanol–water partition coefficient (Wildman–Crippen LogP) is 0.791. The van der Waals surface area contributed by atoms with E-state index in [0.717, 1.165) is 16.9 Å². The highest BCUT2D eigenvalue weighted by atomic mass is 32.2. The van der Waals surface area contributed by atoms with Crippen molar-refractivity contribution in [3.63, 3.8) is 0 Å². The van der Waals surface area contributed by atoms with Gasteiger partial charge in [0, 0.05) is 31.0 Å². The van der Waals surface area contributed by atoms with Crippen molar-refractivity contribution in [1.82, 2.24) is 29.1 Å². The van der Waals surface area contributed by atoms with Gasteiger partial charge in [-0.1, -0.05) is 17.3 Å². The van der Waals surface area contributed by atoms with Gasteiger partial charge in [0.2, 0.25) is 10.0 Å². The Bertz CT molecular complexity index is 1010. The van der Waals surface area contributed by atoms with E-state index in [9.17, 15) is 8.42 Å². The molecule has 0 radical (unpaired) electrons. The highest BCUT2D eigenvalue weighted by Crippen LogP contribution is 2.20. The Morgan fingerprint density at radius 1 is 1.30 bits per heavy atom. The maximum atomic E-state index is 11.7. The summed E-state index contributed by atoms with van der Waals surface area (Å²) in [4.78, 5) is 0. The molecule has 10 heteroatoms. The first-order valence-electron chi connectivity index (χ1n) is 8.56. The van der Waals surface area contributed by atoms with E-state index in [1.54, 1.807) is 15.6 Å². The van der Waals surface area contributed by atoms with Crippen LogP contribution in [0.5, 0.6) is 0 Å². The normalized spacial score (nSPS) is 18.6. The van der Waals surface area contributed by atoms with E-state index < -0.39 is 10.0 Å². The second-order valence-electron chi connectivity index (χ2n) is 6.44. The molecule has 3 aromatic rings. The average molecular weight is 388 g/mol. The van der Waals surface area contributed by atoms with Crippen LogP contribution in [0, 0.1) is 0 Å². The molecule has 0 bridgehead atoms. The van der Waals surface area contributed by atoms with Gasteiger partial charge in [0.05, 0.1) is 37.4 Å². The van der Waals surface area contributed by atoms with Gasteiger partial charge >= 0.3 is 0 Å². The minimum absolute atomic E-state index is 0.251. The van der Waals surface area contributed by atoms with E-state index in [1.165, 1.54) is 10.6 Å². The van der Waals surface area contributed by atoms with Crippen LogP contribution in [0.3, 0.4) is 0 Å². The minimum atomic E-state index is -3.22. The number of sulfonamides is 1. The van der Waals surface area contributed by atoms with Crippen LogP contribution in [0.25, 0.3) is 16.9 Å². The zero-order valence-electron chi connectivity index (χ0n) is 14.8. The summed E-state index contributed by atoms with van der Waals surface area (Å²) < 4.78 is 34.1. The summed E-state index contributed by atoms with van der Waals surface area (Å²) in [6.45, 7) is 1.53. The topological polar surface area (TPSA) is 95.1 Å². The quantitative estimate of drug-likeness (QED) is 0.641. The average Bonchev–Trinajstić information content (AvgIpc) is 3.34. The van der Waals surface area contributed by atoms with Gasteiger partial charge in [-0.2, -0.15) is 9.40 Å². The number of hydrogen-bond acceptors (Lipinski definition) is 6. The zero-order chi connectivity index (χ0) is 18.9. The van der Waals surface area contributed by atoms with Gasteiger partial charge < -0.3 is 4.74 Å². The monoisotopic (exact) mass is 388 g/mol. The molecule has 3 heterocycles. The molecule has 0 spiro atoms. The predicted molar refractivity (Wildman–Crippen MR) is 98.7 cm³/mol. The van der Waals surface area contributed by atoms with E-state index in [4.69, 9.17) is 4.74 Å². The number of aromatic nitrogens is 5. The molecule has 0 amide bonds. The molecule has 0 saturated carbocycles. The first-order valence-corrected chi connectivity index (χ1v) is 10.4. The molecule has 2 aromatic heterocycles. The number of benzene rings is 1. The Labute approximate surface area is 157 Å². The molecule has 1 aliphatic rings. The van der Waals surface area contributed by atoms with Gasteiger partial charge in [0.1, 0.15) is 5.69 Å². The summed E-state index contributed by atoms with van der Waals surface area (Å²) in [5.74, 6) is 0. The minimum Gasteiger partial charge on any atom is -0.374 e. The number of ether oxygens (including phenoxy) is 1. The molecule has 1 saturated heterocycles. The molecule has 0 N–H and O–H groups in total. The Hall–Kier alpha value is -2.56. The van der Waals surface area contributed by atoms with Crippen molar-refractivity contribution in [1.29, 1.82) is 0 Å². The lowest BCUT2D eigenvalue weighted by atomic mass is 10.1. The van der Waals surface area contributed by atoms with Crippen molar-refractivity contribution in [2.24, 2.45) is 0 Å². The Balaban J connectivity index is 1.48. The molecule has 142 valence electrons. The fourth-order valence-corrected chi connectivity index (χ4v) is 3.91. The lowest BCUT2D eigenvalue weighted by molar-refractivity contribution is -0.0120. The van der Waals surface area contributed by atoms with E-state index in [1.807, 2.05) is 42.7 Å². The first kappa shape index (κ1) is 17.8. The molecular weight excluding hydrogens is 368 g/mol. The summed E-state index contributed by atoms with van der Waals surface area (Å²) >= 11 is 0. The van der Waals surface area contributed by atoms with Gasteiger partial charge in [-0.3, -0.25) is 0 Å². The second kappa shape index (κ2) is 7.22. The van der Waals surface area contributed by atoms with Crippen molar-refractivity contribution in [2.45, 2.75) is 12.6 Å². The van der Waals surface area contributed by atoms with Crippen LogP contribution >= 0.6 is 0 Å². The molecule has 9 nitrogen and oxygen atoms in total. The van der Waals surface area contributed by atoms with Gasteiger partial charge in [-0.05, 0) is 18.2 Å². The Morgan fingerprint density at radius 3 is 2.96 bits per heavy atom. The van der Waals surface area contributed by atoms with E-state index in [2.05, 4.69) is 15.4 Å². The summed E-state index contributed by atoms with van der Waals surface area (Å²) in [7, 11) is -3.22. The highest BCUT2D eigenvalue weighted by Gasteiger charge is 2.27. The smallest absolute Gasteiger partial charge is 0.211 e. The first-order chi connectivity index (χ1) is 13.0. The molecule has 0 aliphatic carbocycles. The van der Waals surface area contributed by atoms with Crippen LogP contribution in [-0.2, 0) is 21.3 Å². The maximum absolute atomic E-state index is 11.7. The van der Waals surface area contributed by atoms with Crippen molar-refractivity contribution in [3.8, 4) is 16.9 Å². The molecule has 4 rings (SSSR count). The third-order valence-electron chi connectivity index (χ3n) is 4.41. The molecule has 0 unspecified atom stereocenters. The van der Waals surface area contributed by atoms with Gasteiger partial charge in [0.25, 0.3) is 0 Å². The molecular formula is C17H20N6O3S. The third kappa shape index (κ3) is 4.07. The van der Waals surface area contributed by atoms with Crippen LogP contribution in [-0.4, -0.2) is 69.6 Å². The lowest BCUT2D eigenvalue weighted by Crippen LogP contribution is -2.46. The third-order valence-corrected chi connectivity index (χ3v) is 5.68. The van der Waals surface area contributed by atoms with Crippen molar-refractivity contribution >= 4 is 10.0 Å². The summed E-state index contributed by atoms with van der Waals surface area (Å²) in [5.41, 5.74) is 2.60. The molecule has 1 aromatic carbocycles. The summed E-state index contributed by atoms with van der Waals surface area (Å²) in [6, 6.07) is 9.73. The van der Waals surface area contributed by atoms with Crippen LogP contribution in [0.1, 0.15) is 0 Å².